The van der Waals surface area contributed by atoms with Gasteiger partial charge in [-0.25, -0.2) is 0 Å². The van der Waals surface area contributed by atoms with Crippen molar-refractivity contribution in [3.05, 3.63) is 71.4 Å². The number of para-hydroxylation sites is 1. The first-order chi connectivity index (χ1) is 12.1. The highest BCUT2D eigenvalue weighted by Crippen LogP contribution is 2.17. The SMILES string of the molecule is Cc1ccccc1C(=O)CCC(=O)NCCc1c[nH]c2ccccc12. The van der Waals surface area contributed by atoms with Crippen LogP contribution in [0.15, 0.2) is 54.7 Å². The summed E-state index contributed by atoms with van der Waals surface area (Å²) in [6, 6.07) is 15.6. The maximum Gasteiger partial charge on any atom is 0.220 e. The van der Waals surface area contributed by atoms with E-state index in [2.05, 4.69) is 16.4 Å². The lowest BCUT2D eigenvalue weighted by atomic mass is 10.0. The van der Waals surface area contributed by atoms with E-state index in [0.29, 0.717) is 12.1 Å². The van der Waals surface area contributed by atoms with E-state index in [-0.39, 0.29) is 24.5 Å². The van der Waals surface area contributed by atoms with E-state index in [1.165, 1.54) is 10.9 Å². The minimum Gasteiger partial charge on any atom is -0.361 e. The molecule has 1 heterocycles. The van der Waals surface area contributed by atoms with Gasteiger partial charge in [-0.05, 0) is 30.5 Å². The van der Waals surface area contributed by atoms with Gasteiger partial charge in [0.1, 0.15) is 0 Å². The molecule has 2 aromatic carbocycles. The van der Waals surface area contributed by atoms with Crippen LogP contribution in [0.25, 0.3) is 10.9 Å². The van der Waals surface area contributed by atoms with Crippen LogP contribution in [-0.4, -0.2) is 23.2 Å². The van der Waals surface area contributed by atoms with Gasteiger partial charge in [0, 0.05) is 42.0 Å². The highest BCUT2D eigenvalue weighted by atomic mass is 16.2. The van der Waals surface area contributed by atoms with Crippen LogP contribution in [0.2, 0.25) is 0 Å². The van der Waals surface area contributed by atoms with Crippen molar-refractivity contribution in [3.63, 3.8) is 0 Å². The molecule has 4 heteroatoms. The van der Waals surface area contributed by atoms with Gasteiger partial charge in [-0.3, -0.25) is 9.59 Å². The molecule has 2 N–H and O–H groups in total. The zero-order chi connectivity index (χ0) is 17.6. The Morgan fingerprint density at radius 3 is 2.60 bits per heavy atom. The standard InChI is InChI=1S/C21H22N2O2/c1-15-6-2-3-7-17(15)20(24)10-11-21(25)22-13-12-16-14-23-19-9-5-4-8-18(16)19/h2-9,14,23H,10-13H2,1H3,(H,22,25). The van der Waals surface area contributed by atoms with Crippen LogP contribution < -0.4 is 5.32 Å². The van der Waals surface area contributed by atoms with Crippen LogP contribution in [0.1, 0.15) is 34.3 Å². The Morgan fingerprint density at radius 1 is 1.00 bits per heavy atom. The Kier molecular flexibility index (Phi) is 5.29. The second-order valence-corrected chi connectivity index (χ2v) is 6.20. The lowest BCUT2D eigenvalue weighted by Gasteiger charge is -2.06. The molecule has 3 aromatic rings. The molecule has 128 valence electrons. The smallest absolute Gasteiger partial charge is 0.220 e. The van der Waals surface area contributed by atoms with E-state index < -0.39 is 0 Å². The number of ketones is 1. The van der Waals surface area contributed by atoms with Crippen LogP contribution in [0.3, 0.4) is 0 Å². The number of nitrogens with one attached hydrogen (secondary N) is 2. The van der Waals surface area contributed by atoms with E-state index in [0.717, 1.165) is 17.5 Å². The van der Waals surface area contributed by atoms with Crippen molar-refractivity contribution >= 4 is 22.6 Å². The van der Waals surface area contributed by atoms with Gasteiger partial charge in [-0.2, -0.15) is 0 Å². The minimum atomic E-state index is -0.0817. The fraction of sp³-hybridized carbons (Fsp3) is 0.238. The van der Waals surface area contributed by atoms with Gasteiger partial charge in [-0.15, -0.1) is 0 Å². The Morgan fingerprint density at radius 2 is 1.76 bits per heavy atom. The second-order valence-electron chi connectivity index (χ2n) is 6.20. The molecular weight excluding hydrogens is 312 g/mol. The Labute approximate surface area is 147 Å². The maximum atomic E-state index is 12.2. The number of aromatic amines is 1. The van der Waals surface area contributed by atoms with E-state index in [1.54, 1.807) is 0 Å². The van der Waals surface area contributed by atoms with Crippen molar-refractivity contribution < 1.29 is 9.59 Å². The maximum absolute atomic E-state index is 12.2. The van der Waals surface area contributed by atoms with Crippen LogP contribution >= 0.6 is 0 Å². The van der Waals surface area contributed by atoms with E-state index >= 15 is 0 Å². The van der Waals surface area contributed by atoms with Crippen molar-refractivity contribution in [1.29, 1.82) is 0 Å². The third-order valence-electron chi connectivity index (χ3n) is 4.42. The van der Waals surface area contributed by atoms with Crippen LogP contribution in [0.4, 0.5) is 0 Å². The van der Waals surface area contributed by atoms with Crippen molar-refractivity contribution in [2.24, 2.45) is 0 Å². The molecule has 0 aliphatic rings. The van der Waals surface area contributed by atoms with Gasteiger partial charge >= 0.3 is 0 Å². The first kappa shape index (κ1) is 17.0. The average Bonchev–Trinajstić information content (AvgIpc) is 3.03. The molecule has 0 aliphatic heterocycles. The number of Topliss-reactive ketones (excluding diaryl/α,β-unsaturated/α-hetero) is 1. The summed E-state index contributed by atoms with van der Waals surface area (Å²) in [4.78, 5) is 27.4. The summed E-state index contributed by atoms with van der Waals surface area (Å²) in [5.74, 6) is -0.0633. The highest BCUT2D eigenvalue weighted by Gasteiger charge is 2.11. The minimum absolute atomic E-state index is 0.0184. The van der Waals surface area contributed by atoms with Crippen molar-refractivity contribution in [2.45, 2.75) is 26.2 Å². The Balaban J connectivity index is 1.45. The van der Waals surface area contributed by atoms with Crippen molar-refractivity contribution in [1.82, 2.24) is 10.3 Å². The highest BCUT2D eigenvalue weighted by molar-refractivity contribution is 5.99. The fourth-order valence-electron chi connectivity index (χ4n) is 3.01. The quantitative estimate of drug-likeness (QED) is 0.646. The summed E-state index contributed by atoms with van der Waals surface area (Å²) in [6.07, 6.45) is 3.21. The van der Waals surface area contributed by atoms with Crippen molar-refractivity contribution in [2.75, 3.05) is 6.54 Å². The molecule has 4 nitrogen and oxygen atoms in total. The van der Waals surface area contributed by atoms with Crippen LogP contribution in [0.5, 0.6) is 0 Å². The molecular formula is C21H22N2O2. The molecule has 25 heavy (non-hydrogen) atoms. The van der Waals surface area contributed by atoms with Gasteiger partial charge in [0.15, 0.2) is 5.78 Å². The monoisotopic (exact) mass is 334 g/mol. The molecule has 0 spiro atoms. The van der Waals surface area contributed by atoms with Gasteiger partial charge in [0.25, 0.3) is 0 Å². The van der Waals surface area contributed by atoms with E-state index in [9.17, 15) is 9.59 Å². The number of carbonyl (C=O) groups is 2. The summed E-state index contributed by atoms with van der Waals surface area (Å²) >= 11 is 0. The Bertz CT molecular complexity index is 896. The average molecular weight is 334 g/mol. The van der Waals surface area contributed by atoms with Crippen LogP contribution in [-0.2, 0) is 11.2 Å². The summed E-state index contributed by atoms with van der Waals surface area (Å²) in [7, 11) is 0. The van der Waals surface area contributed by atoms with Gasteiger partial charge in [0.2, 0.25) is 5.91 Å². The number of carbonyl (C=O) groups excluding carboxylic acids is 2. The molecule has 0 bridgehead atoms. The zero-order valence-corrected chi connectivity index (χ0v) is 14.3. The molecule has 0 radical (unpaired) electrons. The third kappa shape index (κ3) is 4.15. The number of rotatable bonds is 7. The molecule has 1 amide bonds. The number of hydrogen-bond donors (Lipinski definition) is 2. The third-order valence-corrected chi connectivity index (χ3v) is 4.42. The van der Waals surface area contributed by atoms with E-state index in [1.807, 2.05) is 55.6 Å². The zero-order valence-electron chi connectivity index (χ0n) is 14.3. The number of aryl methyl sites for hydroxylation is 1. The van der Waals surface area contributed by atoms with Gasteiger partial charge in [-0.1, -0.05) is 42.5 Å². The molecule has 0 atom stereocenters. The lowest BCUT2D eigenvalue weighted by Crippen LogP contribution is -2.26. The number of hydrogen-bond acceptors (Lipinski definition) is 2. The number of amides is 1. The molecule has 0 saturated carbocycles. The van der Waals surface area contributed by atoms with Crippen molar-refractivity contribution in [3.8, 4) is 0 Å². The lowest BCUT2D eigenvalue weighted by molar-refractivity contribution is -0.121. The Hall–Kier alpha value is -2.88. The molecule has 1 aromatic heterocycles. The fourth-order valence-corrected chi connectivity index (χ4v) is 3.01. The number of fused-ring (bicyclic) bond motifs is 1. The molecule has 0 unspecified atom stereocenters. The second kappa shape index (κ2) is 7.79. The van der Waals surface area contributed by atoms with Gasteiger partial charge in [0.05, 0.1) is 0 Å². The van der Waals surface area contributed by atoms with E-state index in [4.69, 9.17) is 0 Å². The first-order valence-electron chi connectivity index (χ1n) is 8.55. The summed E-state index contributed by atoms with van der Waals surface area (Å²) < 4.78 is 0. The van der Waals surface area contributed by atoms with Gasteiger partial charge < -0.3 is 10.3 Å². The predicted molar refractivity (Wildman–Crippen MR) is 99.8 cm³/mol. The largest absolute Gasteiger partial charge is 0.361 e. The summed E-state index contributed by atoms with van der Waals surface area (Å²) in [6.45, 7) is 2.48. The topological polar surface area (TPSA) is 62.0 Å². The van der Waals surface area contributed by atoms with Crippen LogP contribution in [0, 0.1) is 6.92 Å². The number of benzene rings is 2. The molecule has 3 rings (SSSR count). The normalized spacial score (nSPS) is 10.8. The first-order valence-corrected chi connectivity index (χ1v) is 8.55. The molecule has 0 fully saturated rings. The summed E-state index contributed by atoms with van der Waals surface area (Å²) in [5.41, 5.74) is 3.95. The molecule has 0 saturated heterocycles. The predicted octanol–water partition coefficient (Wildman–Crippen LogP) is 3.80. The molecule has 0 aliphatic carbocycles. The number of aromatic nitrogens is 1. The summed E-state index contributed by atoms with van der Waals surface area (Å²) in [5, 5.41) is 4.09. The number of H-pyrrole nitrogens is 1.